The number of fused-ring (bicyclic) bond motifs is 6. The first-order valence-corrected chi connectivity index (χ1v) is 19.0. The fourth-order valence-electron chi connectivity index (χ4n) is 9.00. The third-order valence-corrected chi connectivity index (χ3v) is 12.7. The second-order valence-electron chi connectivity index (χ2n) is 14.4. The van der Waals surface area contributed by atoms with E-state index < -0.39 is 18.4 Å². The van der Waals surface area contributed by atoms with Crippen LogP contribution in [0.4, 0.5) is 14.6 Å². The quantitative estimate of drug-likeness (QED) is 0.172. The van der Waals surface area contributed by atoms with Crippen LogP contribution in [0.1, 0.15) is 87.2 Å². The Morgan fingerprint density at radius 2 is 1.98 bits per heavy atom. The number of hydrogen-bond donors (Lipinski definition) is 1. The normalized spacial score (nSPS) is 20.9. The number of rotatable bonds is 7. The highest BCUT2D eigenvalue weighted by molar-refractivity contribution is 7.23. The van der Waals surface area contributed by atoms with Crippen LogP contribution < -0.4 is 10.1 Å². The number of carbonyl (C=O) groups is 1. The van der Waals surface area contributed by atoms with Crippen LogP contribution in [0.5, 0.6) is 5.75 Å². The van der Waals surface area contributed by atoms with E-state index in [2.05, 4.69) is 26.6 Å². The third-order valence-electron chi connectivity index (χ3n) is 11.3. The van der Waals surface area contributed by atoms with Gasteiger partial charge in [0.1, 0.15) is 17.6 Å². The van der Waals surface area contributed by atoms with Gasteiger partial charge in [0.25, 0.3) is 11.8 Å². The topological polar surface area (TPSA) is 106 Å². The molecule has 6 aromatic rings. The molecule has 0 unspecified atom stereocenters. The zero-order chi connectivity index (χ0) is 36.2. The molecule has 1 amide bonds. The van der Waals surface area contributed by atoms with Gasteiger partial charge in [-0.15, -0.1) is 21.5 Å². The maximum absolute atomic E-state index is 15.7. The number of alkyl halides is 2. The van der Waals surface area contributed by atoms with Gasteiger partial charge in [-0.05, 0) is 90.4 Å². The van der Waals surface area contributed by atoms with E-state index in [1.165, 1.54) is 29.6 Å². The number of carbonyl (C=O) groups excluding carboxylic acids is 1. The molecule has 268 valence electrons. The molecular weight excluding hydrogens is 718 g/mol. The lowest BCUT2D eigenvalue weighted by atomic mass is 9.89. The van der Waals surface area contributed by atoms with Gasteiger partial charge in [-0.25, -0.2) is 13.8 Å². The fourth-order valence-corrected chi connectivity index (χ4v) is 10.4. The number of hydrogen-bond acceptors (Lipinski definition) is 9. The van der Waals surface area contributed by atoms with Crippen LogP contribution >= 0.6 is 22.9 Å². The minimum Gasteiger partial charge on any atom is -0.496 e. The van der Waals surface area contributed by atoms with Gasteiger partial charge in [-0.1, -0.05) is 29.8 Å². The smallest absolute Gasteiger partial charge is 0.276 e. The van der Waals surface area contributed by atoms with Crippen molar-refractivity contribution in [2.45, 2.75) is 69.4 Å². The van der Waals surface area contributed by atoms with Crippen molar-refractivity contribution in [3.63, 3.8) is 0 Å². The Morgan fingerprint density at radius 1 is 1.09 bits per heavy atom. The summed E-state index contributed by atoms with van der Waals surface area (Å²) in [6, 6.07) is 13.7. The van der Waals surface area contributed by atoms with Crippen molar-refractivity contribution < 1.29 is 22.7 Å². The molecule has 9 nitrogen and oxygen atoms in total. The van der Waals surface area contributed by atoms with Crippen molar-refractivity contribution in [1.82, 2.24) is 25.1 Å². The van der Waals surface area contributed by atoms with Gasteiger partial charge < -0.3 is 19.4 Å². The van der Waals surface area contributed by atoms with Gasteiger partial charge in [0, 0.05) is 47.1 Å². The highest BCUT2D eigenvalue weighted by Gasteiger charge is 2.49. The number of halogens is 3. The first kappa shape index (κ1) is 32.7. The number of aromatic nitrogens is 4. The Balaban J connectivity index is 1.15. The van der Waals surface area contributed by atoms with Crippen molar-refractivity contribution >= 4 is 44.7 Å². The van der Waals surface area contributed by atoms with E-state index in [9.17, 15) is 4.79 Å². The first-order chi connectivity index (χ1) is 25.7. The van der Waals surface area contributed by atoms with Crippen molar-refractivity contribution in [3.8, 4) is 27.6 Å². The molecule has 53 heavy (non-hydrogen) atoms. The molecule has 3 atom stereocenters. The second-order valence-corrected chi connectivity index (χ2v) is 15.9. The predicted molar refractivity (Wildman–Crippen MR) is 198 cm³/mol. The van der Waals surface area contributed by atoms with Crippen molar-refractivity contribution in [2.75, 3.05) is 19.0 Å². The maximum Gasteiger partial charge on any atom is 0.276 e. The standard InChI is InChI=1S/C40H33ClF2N6O3S/c1-19-47-48-38(52-19)31-27(16-21-9-8-20-15-23(41)10-11-24(20)21)45-34-28-6-4-14-49(28)39(50)33(34)32(31)30-17-22-12-13-44-37(35(22)53-30)46-36-25-5-3-7-29(51-2)26(25)18-40(36,42)43/h3,5,7,10-13,15,17,21,28,36H,4,6,8-9,14,16,18H2,1-2H3,(H,44,46)/t21-,28+,36+/m1/s1. The Hall–Kier alpha value is -4.94. The Bertz CT molecular complexity index is 2500. The molecule has 1 saturated heterocycles. The van der Waals surface area contributed by atoms with Crippen LogP contribution in [0.2, 0.25) is 5.02 Å². The molecule has 2 aliphatic heterocycles. The van der Waals surface area contributed by atoms with E-state index in [4.69, 9.17) is 25.7 Å². The Kier molecular flexibility index (Phi) is 7.43. The highest BCUT2D eigenvalue weighted by atomic mass is 35.5. The molecule has 1 fully saturated rings. The number of anilines is 1. The van der Waals surface area contributed by atoms with Crippen LogP contribution in [0.15, 0.2) is 59.1 Å². The van der Waals surface area contributed by atoms with E-state index >= 15 is 8.78 Å². The molecular formula is C40H33ClF2N6O3S. The second kappa shape index (κ2) is 12.0. The molecule has 6 heterocycles. The molecule has 0 bridgehead atoms. The lowest BCUT2D eigenvalue weighted by Crippen LogP contribution is -2.28. The van der Waals surface area contributed by atoms with E-state index in [1.54, 1.807) is 31.3 Å². The average Bonchev–Trinajstić information content (AvgIpc) is 3.99. The molecule has 4 aromatic heterocycles. The van der Waals surface area contributed by atoms with Crippen LogP contribution in [-0.2, 0) is 19.3 Å². The van der Waals surface area contributed by atoms with Crippen molar-refractivity contribution in [1.29, 1.82) is 0 Å². The Labute approximate surface area is 312 Å². The lowest BCUT2D eigenvalue weighted by Gasteiger charge is -2.22. The van der Waals surface area contributed by atoms with Crippen LogP contribution in [-0.4, -0.2) is 50.5 Å². The molecule has 4 aliphatic rings. The minimum atomic E-state index is -3.08. The molecule has 0 saturated carbocycles. The highest BCUT2D eigenvalue weighted by Crippen LogP contribution is 2.53. The molecule has 1 N–H and O–H groups in total. The zero-order valence-electron chi connectivity index (χ0n) is 28.9. The van der Waals surface area contributed by atoms with Crippen molar-refractivity contribution in [3.05, 3.63) is 105 Å². The molecule has 2 aromatic carbocycles. The summed E-state index contributed by atoms with van der Waals surface area (Å²) in [6.07, 6.45) is 5.38. The summed E-state index contributed by atoms with van der Waals surface area (Å²) >= 11 is 7.78. The summed E-state index contributed by atoms with van der Waals surface area (Å²) in [4.78, 5) is 27.0. The summed E-state index contributed by atoms with van der Waals surface area (Å²) in [5, 5.41) is 13.3. The van der Waals surface area contributed by atoms with E-state index in [0.29, 0.717) is 68.8 Å². The van der Waals surface area contributed by atoms with Gasteiger partial charge in [-0.3, -0.25) is 9.78 Å². The van der Waals surface area contributed by atoms with Crippen molar-refractivity contribution in [2.24, 2.45) is 0 Å². The van der Waals surface area contributed by atoms with E-state index in [-0.39, 0.29) is 17.9 Å². The minimum absolute atomic E-state index is 0.0695. The van der Waals surface area contributed by atoms with Gasteiger partial charge >= 0.3 is 0 Å². The SMILES string of the molecule is COc1cccc2c1CC(F)(F)[C@H]2Nc1nccc2cc(-c3c4c(nc(C[C@H]5CCc6cc(Cl)ccc65)c3-c3nnc(C)o3)[C@@H]3CCCN3C4=O)sc12. The summed E-state index contributed by atoms with van der Waals surface area (Å²) < 4.78 is 43.7. The number of amides is 1. The summed E-state index contributed by atoms with van der Waals surface area (Å²) in [7, 11) is 1.49. The number of methoxy groups -OCH3 is 1. The van der Waals surface area contributed by atoms with Gasteiger partial charge in [0.2, 0.25) is 11.8 Å². The number of aryl methyl sites for hydroxylation is 2. The average molecular weight is 751 g/mol. The van der Waals surface area contributed by atoms with E-state index in [0.717, 1.165) is 52.4 Å². The first-order valence-electron chi connectivity index (χ1n) is 17.8. The van der Waals surface area contributed by atoms with Crippen LogP contribution in [0, 0.1) is 6.92 Å². The number of thiophene rings is 1. The maximum atomic E-state index is 15.7. The molecule has 0 spiro atoms. The summed E-state index contributed by atoms with van der Waals surface area (Å²) in [5.74, 6) is -1.50. The van der Waals surface area contributed by atoms with Crippen LogP contribution in [0.25, 0.3) is 32.0 Å². The Morgan fingerprint density at radius 3 is 2.81 bits per heavy atom. The number of nitrogens with one attached hydrogen (secondary N) is 1. The molecule has 2 aliphatic carbocycles. The zero-order valence-corrected chi connectivity index (χ0v) is 30.5. The van der Waals surface area contributed by atoms with Crippen LogP contribution in [0.3, 0.4) is 0 Å². The van der Waals surface area contributed by atoms with Gasteiger partial charge in [0.05, 0.1) is 40.4 Å². The molecule has 13 heteroatoms. The largest absolute Gasteiger partial charge is 0.496 e. The number of benzene rings is 2. The van der Waals surface area contributed by atoms with Gasteiger partial charge in [0.15, 0.2) is 0 Å². The number of ether oxygens (including phenoxy) is 1. The summed E-state index contributed by atoms with van der Waals surface area (Å²) in [5.41, 5.74) is 6.90. The lowest BCUT2D eigenvalue weighted by molar-refractivity contribution is -0.00734. The predicted octanol–water partition coefficient (Wildman–Crippen LogP) is 9.29. The third kappa shape index (κ3) is 5.09. The monoisotopic (exact) mass is 750 g/mol. The van der Waals surface area contributed by atoms with Gasteiger partial charge in [-0.2, -0.15) is 0 Å². The summed E-state index contributed by atoms with van der Waals surface area (Å²) in [6.45, 7) is 2.40. The number of nitrogens with zero attached hydrogens (tertiary/aromatic N) is 5. The molecule has 10 rings (SSSR count). The number of pyridine rings is 2. The van der Waals surface area contributed by atoms with E-state index in [1.807, 2.05) is 29.2 Å². The fraction of sp³-hybridized carbons (Fsp3) is 0.325. The molecule has 0 radical (unpaired) electrons.